The number of ether oxygens (including phenoxy) is 5. The van der Waals surface area contributed by atoms with Gasteiger partial charge in [-0.05, 0) is 18.2 Å². The SMILES string of the molecule is N#Cc1ccc(OC23CC4CC(Oc5ccc([N+](=O)[O-])c(O)c5)(C2)OC(O4)O3)cc1O. The maximum absolute atomic E-state index is 10.9. The van der Waals surface area contributed by atoms with Gasteiger partial charge in [0.05, 0.1) is 23.0 Å². The predicted molar refractivity (Wildman–Crippen MR) is 99.0 cm³/mol. The molecule has 2 aromatic rings. The number of hydrogen-bond donors (Lipinski definition) is 2. The Morgan fingerprint density at radius 3 is 2.19 bits per heavy atom. The van der Waals surface area contributed by atoms with Gasteiger partial charge in [0.2, 0.25) is 11.6 Å². The summed E-state index contributed by atoms with van der Waals surface area (Å²) in [4.78, 5) is 10.2. The van der Waals surface area contributed by atoms with Gasteiger partial charge >= 0.3 is 5.69 Å². The Morgan fingerprint density at radius 2 is 1.68 bits per heavy atom. The lowest BCUT2D eigenvalue weighted by Gasteiger charge is -2.58. The van der Waals surface area contributed by atoms with Crippen molar-refractivity contribution in [3.63, 3.8) is 0 Å². The van der Waals surface area contributed by atoms with Crippen LogP contribution in [-0.2, 0) is 14.2 Å². The van der Waals surface area contributed by atoms with Gasteiger partial charge in [-0.3, -0.25) is 19.6 Å². The Morgan fingerprint density at radius 1 is 1.06 bits per heavy atom. The standard InChI is InChI=1S/C20H16N2O9/c21-9-11-1-2-12(5-16(11)23)28-19-7-14-8-20(10-19,31-18(27-14)30-19)29-13-3-4-15(22(25)26)17(24)6-13/h1-6,14,18,23-24H,7-8,10H2. The molecule has 0 spiro atoms. The molecule has 6 rings (SSSR count). The van der Waals surface area contributed by atoms with E-state index < -0.39 is 34.4 Å². The summed E-state index contributed by atoms with van der Waals surface area (Å²) in [6.07, 6.45) is 0.563. The summed E-state index contributed by atoms with van der Waals surface area (Å²) in [5.41, 5.74) is -0.325. The van der Waals surface area contributed by atoms with Crippen LogP contribution in [0.15, 0.2) is 36.4 Å². The van der Waals surface area contributed by atoms with E-state index in [0.717, 1.165) is 12.1 Å². The van der Waals surface area contributed by atoms with Crippen LogP contribution in [0.3, 0.4) is 0 Å². The van der Waals surface area contributed by atoms with Gasteiger partial charge in [0, 0.05) is 31.0 Å². The van der Waals surface area contributed by atoms with Crippen molar-refractivity contribution >= 4 is 5.69 Å². The van der Waals surface area contributed by atoms with Gasteiger partial charge in [-0.25, -0.2) is 0 Å². The van der Waals surface area contributed by atoms with Crippen LogP contribution in [0.25, 0.3) is 0 Å². The van der Waals surface area contributed by atoms with Crippen LogP contribution in [0.4, 0.5) is 5.69 Å². The number of phenolic OH excluding ortho intramolecular Hbond substituents is 2. The summed E-state index contributed by atoms with van der Waals surface area (Å²) in [5.74, 6) is -2.66. The number of nitro groups is 1. The number of phenols is 2. The van der Waals surface area contributed by atoms with Crippen LogP contribution in [0, 0.1) is 21.4 Å². The Labute approximate surface area is 175 Å². The number of nitriles is 1. The van der Waals surface area contributed by atoms with Crippen LogP contribution >= 0.6 is 0 Å². The molecule has 31 heavy (non-hydrogen) atoms. The number of rotatable bonds is 5. The molecule has 4 aliphatic rings. The minimum Gasteiger partial charge on any atom is -0.506 e. The summed E-state index contributed by atoms with van der Waals surface area (Å²) in [6, 6.07) is 9.83. The van der Waals surface area contributed by atoms with E-state index in [0.29, 0.717) is 18.6 Å². The second-order valence-corrected chi connectivity index (χ2v) is 7.59. The predicted octanol–water partition coefficient (Wildman–Crippen LogP) is 2.64. The first-order valence-electron chi connectivity index (χ1n) is 9.38. The minimum atomic E-state index is -1.21. The Bertz CT molecular complexity index is 1100. The van der Waals surface area contributed by atoms with Crippen LogP contribution in [0.5, 0.6) is 23.0 Å². The number of hydrogen-bond acceptors (Lipinski definition) is 10. The summed E-state index contributed by atoms with van der Waals surface area (Å²) < 4.78 is 29.3. The molecule has 3 saturated heterocycles. The second-order valence-electron chi connectivity index (χ2n) is 7.59. The topological polar surface area (TPSA) is 154 Å². The molecular formula is C20H16N2O9. The smallest absolute Gasteiger partial charge is 0.310 e. The van der Waals surface area contributed by atoms with E-state index >= 15 is 0 Å². The van der Waals surface area contributed by atoms with Crippen molar-refractivity contribution in [2.75, 3.05) is 0 Å². The molecule has 4 unspecified atom stereocenters. The van der Waals surface area contributed by atoms with Gasteiger partial charge in [-0.15, -0.1) is 0 Å². The van der Waals surface area contributed by atoms with Crippen molar-refractivity contribution in [3.05, 3.63) is 52.1 Å². The molecule has 4 bridgehead atoms. The number of nitro benzene ring substituents is 1. The largest absolute Gasteiger partial charge is 0.506 e. The van der Waals surface area contributed by atoms with Gasteiger partial charge in [-0.1, -0.05) is 0 Å². The van der Waals surface area contributed by atoms with E-state index in [-0.39, 0.29) is 29.6 Å². The first kappa shape index (κ1) is 19.4. The van der Waals surface area contributed by atoms with Gasteiger partial charge in [0.25, 0.3) is 6.48 Å². The Kier molecular flexibility index (Phi) is 4.19. The fourth-order valence-corrected chi connectivity index (χ4v) is 4.21. The van der Waals surface area contributed by atoms with E-state index in [9.17, 15) is 20.3 Å². The van der Waals surface area contributed by atoms with Crippen molar-refractivity contribution in [2.45, 2.75) is 43.4 Å². The lowest BCUT2D eigenvalue weighted by molar-refractivity contribution is -0.528. The average Bonchev–Trinajstić information content (AvgIpc) is 2.66. The molecule has 160 valence electrons. The van der Waals surface area contributed by atoms with Gasteiger partial charge in [-0.2, -0.15) is 5.26 Å². The first-order chi connectivity index (χ1) is 14.8. The molecule has 3 aliphatic heterocycles. The number of benzene rings is 2. The first-order valence-corrected chi connectivity index (χ1v) is 9.38. The van der Waals surface area contributed by atoms with E-state index in [1.807, 2.05) is 6.07 Å². The quantitative estimate of drug-likeness (QED) is 0.536. The highest BCUT2D eigenvalue weighted by molar-refractivity contribution is 5.49. The van der Waals surface area contributed by atoms with Crippen LogP contribution in [-0.4, -0.2) is 39.3 Å². The molecule has 1 saturated carbocycles. The molecule has 0 radical (unpaired) electrons. The summed E-state index contributed by atoms with van der Waals surface area (Å²) >= 11 is 0. The van der Waals surface area contributed by atoms with Crippen LogP contribution < -0.4 is 9.47 Å². The molecule has 4 atom stereocenters. The van der Waals surface area contributed by atoms with E-state index in [4.69, 9.17) is 28.9 Å². The lowest BCUT2D eigenvalue weighted by atomic mass is 9.84. The normalized spacial score (nSPS) is 30.5. The highest BCUT2D eigenvalue weighted by Gasteiger charge is 2.64. The minimum absolute atomic E-state index is 0.114. The highest BCUT2D eigenvalue weighted by Crippen LogP contribution is 2.52. The van der Waals surface area contributed by atoms with Crippen LogP contribution in [0.2, 0.25) is 0 Å². The molecule has 11 nitrogen and oxygen atoms in total. The van der Waals surface area contributed by atoms with Crippen molar-refractivity contribution in [1.29, 1.82) is 5.26 Å². The third kappa shape index (κ3) is 3.36. The molecule has 4 fully saturated rings. The average molecular weight is 428 g/mol. The Hall–Kier alpha value is -3.59. The molecule has 3 heterocycles. The van der Waals surface area contributed by atoms with Gasteiger partial charge < -0.3 is 24.4 Å². The molecule has 0 aromatic heterocycles. The fraction of sp³-hybridized carbons (Fsp3) is 0.350. The summed E-state index contributed by atoms with van der Waals surface area (Å²) in [7, 11) is 0. The zero-order valence-electron chi connectivity index (χ0n) is 15.9. The molecule has 2 aromatic carbocycles. The van der Waals surface area contributed by atoms with Crippen molar-refractivity contribution in [2.24, 2.45) is 0 Å². The molecule has 0 amide bonds. The van der Waals surface area contributed by atoms with Gasteiger partial charge in [0.1, 0.15) is 23.3 Å². The van der Waals surface area contributed by atoms with Crippen molar-refractivity contribution < 1.29 is 38.8 Å². The molecule has 1 aliphatic carbocycles. The van der Waals surface area contributed by atoms with Crippen molar-refractivity contribution in [1.82, 2.24) is 0 Å². The van der Waals surface area contributed by atoms with E-state index in [1.54, 1.807) is 6.07 Å². The maximum atomic E-state index is 10.9. The van der Waals surface area contributed by atoms with Crippen LogP contribution in [0.1, 0.15) is 24.8 Å². The van der Waals surface area contributed by atoms with Gasteiger partial charge in [0.15, 0.2) is 5.75 Å². The Balaban J connectivity index is 1.41. The number of aromatic hydroxyl groups is 2. The lowest BCUT2D eigenvalue weighted by Crippen LogP contribution is -2.70. The third-order valence-electron chi connectivity index (χ3n) is 5.38. The zero-order valence-corrected chi connectivity index (χ0v) is 15.9. The number of nitrogens with zero attached hydrogens (tertiary/aromatic N) is 2. The van der Waals surface area contributed by atoms with E-state index in [1.165, 1.54) is 18.2 Å². The van der Waals surface area contributed by atoms with Crippen molar-refractivity contribution in [3.8, 4) is 29.1 Å². The highest BCUT2D eigenvalue weighted by atomic mass is 16.9. The second kappa shape index (κ2) is 6.71. The summed E-state index contributed by atoms with van der Waals surface area (Å²) in [6.45, 7) is -1.06. The fourth-order valence-electron chi connectivity index (χ4n) is 4.21. The maximum Gasteiger partial charge on any atom is 0.310 e. The van der Waals surface area contributed by atoms with E-state index in [2.05, 4.69) is 0 Å². The molecule has 11 heteroatoms. The summed E-state index contributed by atoms with van der Waals surface area (Å²) in [5, 5.41) is 39.7. The monoisotopic (exact) mass is 428 g/mol. The molecular weight excluding hydrogens is 412 g/mol. The molecule has 2 N–H and O–H groups in total. The third-order valence-corrected chi connectivity index (χ3v) is 5.38. The zero-order chi connectivity index (χ0) is 21.8.